The third-order valence-electron chi connectivity index (χ3n) is 5.69. The molecule has 1 amide bonds. The van der Waals surface area contributed by atoms with Gasteiger partial charge in [0.05, 0.1) is 13.2 Å². The SMILES string of the molecule is CCOC(=O)N1CCN([C@H]2CCCN(Cc3cc4ccccc4o3)C2)CC1. The maximum Gasteiger partial charge on any atom is 0.409 e. The van der Waals surface area contributed by atoms with Gasteiger partial charge >= 0.3 is 6.09 Å². The van der Waals surface area contributed by atoms with Crippen LogP contribution in [0.15, 0.2) is 34.7 Å². The molecule has 0 bridgehead atoms. The fourth-order valence-electron chi connectivity index (χ4n) is 4.29. The van der Waals surface area contributed by atoms with Crippen LogP contribution in [0.2, 0.25) is 0 Å². The number of furan rings is 1. The maximum absolute atomic E-state index is 11.9. The van der Waals surface area contributed by atoms with Crippen molar-refractivity contribution >= 4 is 17.1 Å². The van der Waals surface area contributed by atoms with Gasteiger partial charge in [0.25, 0.3) is 0 Å². The van der Waals surface area contributed by atoms with Crippen LogP contribution < -0.4 is 0 Å². The Bertz CT molecular complexity index is 734. The zero-order chi connectivity index (χ0) is 18.6. The average molecular weight is 371 g/mol. The first-order chi connectivity index (χ1) is 13.2. The van der Waals surface area contributed by atoms with Crippen LogP contribution in [-0.2, 0) is 11.3 Å². The molecule has 0 N–H and O–H groups in total. The molecule has 0 radical (unpaired) electrons. The highest BCUT2D eigenvalue weighted by atomic mass is 16.6. The number of benzene rings is 1. The molecule has 1 aromatic carbocycles. The lowest BCUT2D eigenvalue weighted by Crippen LogP contribution is -2.55. The van der Waals surface area contributed by atoms with Crippen LogP contribution in [0.25, 0.3) is 11.0 Å². The first-order valence-corrected chi connectivity index (χ1v) is 10.1. The molecule has 3 heterocycles. The first kappa shape index (κ1) is 18.3. The zero-order valence-electron chi connectivity index (χ0n) is 16.1. The number of fused-ring (bicyclic) bond motifs is 1. The van der Waals surface area contributed by atoms with Gasteiger partial charge in [-0.25, -0.2) is 4.79 Å². The van der Waals surface area contributed by atoms with Crippen molar-refractivity contribution in [3.8, 4) is 0 Å². The minimum atomic E-state index is -0.174. The number of carbonyl (C=O) groups is 1. The molecule has 27 heavy (non-hydrogen) atoms. The van der Waals surface area contributed by atoms with E-state index in [0.29, 0.717) is 12.6 Å². The Morgan fingerprint density at radius 1 is 1.19 bits per heavy atom. The minimum Gasteiger partial charge on any atom is -0.460 e. The van der Waals surface area contributed by atoms with Crippen LogP contribution >= 0.6 is 0 Å². The van der Waals surface area contributed by atoms with Crippen molar-refractivity contribution in [2.45, 2.75) is 32.4 Å². The third kappa shape index (κ3) is 4.28. The van der Waals surface area contributed by atoms with Crippen LogP contribution in [-0.4, -0.2) is 72.7 Å². The van der Waals surface area contributed by atoms with Gasteiger partial charge in [-0.05, 0) is 38.4 Å². The van der Waals surface area contributed by atoms with Gasteiger partial charge in [0.15, 0.2) is 0 Å². The van der Waals surface area contributed by atoms with Gasteiger partial charge in [-0.2, -0.15) is 0 Å². The number of hydrogen-bond donors (Lipinski definition) is 0. The van der Waals surface area contributed by atoms with E-state index in [-0.39, 0.29) is 6.09 Å². The number of carbonyl (C=O) groups excluding carboxylic acids is 1. The molecule has 0 spiro atoms. The second-order valence-corrected chi connectivity index (χ2v) is 7.50. The smallest absolute Gasteiger partial charge is 0.409 e. The number of ether oxygens (including phenoxy) is 1. The Morgan fingerprint density at radius 2 is 2.00 bits per heavy atom. The number of para-hydroxylation sites is 1. The number of rotatable bonds is 4. The number of amides is 1. The summed E-state index contributed by atoms with van der Waals surface area (Å²) < 4.78 is 11.1. The quantitative estimate of drug-likeness (QED) is 0.826. The van der Waals surface area contributed by atoms with E-state index in [9.17, 15) is 4.79 Å². The highest BCUT2D eigenvalue weighted by molar-refractivity contribution is 5.77. The van der Waals surface area contributed by atoms with Gasteiger partial charge < -0.3 is 14.1 Å². The Kier molecular flexibility index (Phi) is 5.64. The van der Waals surface area contributed by atoms with Crippen molar-refractivity contribution in [2.24, 2.45) is 0 Å². The fraction of sp³-hybridized carbons (Fsp3) is 0.571. The van der Waals surface area contributed by atoms with Crippen LogP contribution in [0.3, 0.4) is 0 Å². The number of piperazine rings is 1. The van der Waals surface area contributed by atoms with E-state index >= 15 is 0 Å². The van der Waals surface area contributed by atoms with E-state index < -0.39 is 0 Å². The molecule has 0 aliphatic carbocycles. The average Bonchev–Trinajstić information content (AvgIpc) is 3.11. The summed E-state index contributed by atoms with van der Waals surface area (Å²) in [6, 6.07) is 10.9. The second kappa shape index (κ2) is 8.31. The van der Waals surface area contributed by atoms with Crippen molar-refractivity contribution in [3.63, 3.8) is 0 Å². The summed E-state index contributed by atoms with van der Waals surface area (Å²) in [6.45, 7) is 8.74. The monoisotopic (exact) mass is 371 g/mol. The predicted octanol–water partition coefficient (Wildman–Crippen LogP) is 3.17. The lowest BCUT2D eigenvalue weighted by atomic mass is 10.0. The second-order valence-electron chi connectivity index (χ2n) is 7.50. The molecule has 2 saturated heterocycles. The largest absolute Gasteiger partial charge is 0.460 e. The standard InChI is InChI=1S/C21H29N3O3/c1-2-26-21(25)24-12-10-23(11-13-24)18-7-5-9-22(15-18)16-19-14-17-6-3-4-8-20(17)27-19/h3-4,6,8,14,18H,2,5,7,9-13,15-16H2,1H3/t18-/m0/s1. The fourth-order valence-corrected chi connectivity index (χ4v) is 4.29. The lowest BCUT2D eigenvalue weighted by Gasteiger charge is -2.43. The van der Waals surface area contributed by atoms with E-state index in [4.69, 9.17) is 9.15 Å². The highest BCUT2D eigenvalue weighted by Crippen LogP contribution is 2.23. The molecular weight excluding hydrogens is 342 g/mol. The highest BCUT2D eigenvalue weighted by Gasteiger charge is 2.30. The lowest BCUT2D eigenvalue weighted by molar-refractivity contribution is 0.0400. The Hall–Kier alpha value is -2.05. The number of piperidine rings is 1. The molecular formula is C21H29N3O3. The minimum absolute atomic E-state index is 0.174. The zero-order valence-corrected chi connectivity index (χ0v) is 16.1. The number of nitrogens with zero attached hydrogens (tertiary/aromatic N) is 3. The predicted molar refractivity (Wildman–Crippen MR) is 105 cm³/mol. The summed E-state index contributed by atoms with van der Waals surface area (Å²) in [4.78, 5) is 18.8. The van der Waals surface area contributed by atoms with Crippen LogP contribution in [0.5, 0.6) is 0 Å². The third-order valence-corrected chi connectivity index (χ3v) is 5.69. The van der Waals surface area contributed by atoms with Gasteiger partial charge in [-0.3, -0.25) is 9.80 Å². The van der Waals surface area contributed by atoms with Crippen molar-refractivity contribution in [3.05, 3.63) is 36.1 Å². The van der Waals surface area contributed by atoms with E-state index in [1.54, 1.807) is 0 Å². The first-order valence-electron chi connectivity index (χ1n) is 10.1. The van der Waals surface area contributed by atoms with Crippen molar-refractivity contribution in [1.82, 2.24) is 14.7 Å². The molecule has 2 aliphatic heterocycles. The van der Waals surface area contributed by atoms with Crippen LogP contribution in [0, 0.1) is 0 Å². The normalized spacial score (nSPS) is 22.3. The van der Waals surface area contributed by atoms with Gasteiger partial charge in [0.2, 0.25) is 0 Å². The molecule has 2 aliphatic rings. The summed E-state index contributed by atoms with van der Waals surface area (Å²) in [5.41, 5.74) is 0.969. The molecule has 6 nitrogen and oxygen atoms in total. The molecule has 1 atom stereocenters. The number of likely N-dealkylation sites (tertiary alicyclic amines) is 1. The Labute approximate surface area is 160 Å². The molecule has 1 aromatic heterocycles. The summed E-state index contributed by atoms with van der Waals surface area (Å²) >= 11 is 0. The van der Waals surface area contributed by atoms with E-state index in [0.717, 1.165) is 57.2 Å². The van der Waals surface area contributed by atoms with Gasteiger partial charge in [-0.1, -0.05) is 18.2 Å². The molecule has 2 fully saturated rings. The number of hydrogen-bond acceptors (Lipinski definition) is 5. The Balaban J connectivity index is 1.31. The maximum atomic E-state index is 11.9. The van der Waals surface area contributed by atoms with Gasteiger partial charge in [0, 0.05) is 44.2 Å². The van der Waals surface area contributed by atoms with E-state index in [1.807, 2.05) is 24.0 Å². The summed E-state index contributed by atoms with van der Waals surface area (Å²) in [5.74, 6) is 1.05. The molecule has 2 aromatic rings. The van der Waals surface area contributed by atoms with Gasteiger partial charge in [0.1, 0.15) is 11.3 Å². The summed E-state index contributed by atoms with van der Waals surface area (Å²) in [6.07, 6.45) is 2.27. The van der Waals surface area contributed by atoms with Gasteiger partial charge in [-0.15, -0.1) is 0 Å². The van der Waals surface area contributed by atoms with E-state index in [2.05, 4.69) is 28.0 Å². The van der Waals surface area contributed by atoms with Crippen molar-refractivity contribution in [1.29, 1.82) is 0 Å². The molecule has 4 rings (SSSR count). The van der Waals surface area contributed by atoms with E-state index in [1.165, 1.54) is 18.2 Å². The van der Waals surface area contributed by atoms with Crippen LogP contribution in [0.1, 0.15) is 25.5 Å². The molecule has 146 valence electrons. The molecule has 6 heteroatoms. The van der Waals surface area contributed by atoms with Crippen molar-refractivity contribution < 1.29 is 13.9 Å². The Morgan fingerprint density at radius 3 is 2.78 bits per heavy atom. The van der Waals surface area contributed by atoms with Crippen LogP contribution in [0.4, 0.5) is 4.79 Å². The topological polar surface area (TPSA) is 49.2 Å². The molecule has 0 unspecified atom stereocenters. The summed E-state index contributed by atoms with van der Waals surface area (Å²) in [5, 5.41) is 1.18. The molecule has 0 saturated carbocycles. The van der Waals surface area contributed by atoms with Crippen molar-refractivity contribution in [2.75, 3.05) is 45.9 Å². The summed E-state index contributed by atoms with van der Waals surface area (Å²) in [7, 11) is 0.